The highest BCUT2D eigenvalue weighted by molar-refractivity contribution is 6.05. The number of pyridine rings is 1. The molecule has 0 bridgehead atoms. The van der Waals surface area contributed by atoms with E-state index in [9.17, 15) is 9.59 Å². The molecular formula is C28H25N3O4. The molecule has 0 atom stereocenters. The van der Waals surface area contributed by atoms with Crippen molar-refractivity contribution in [3.63, 3.8) is 0 Å². The number of aromatic nitrogens is 1. The third-order valence-electron chi connectivity index (χ3n) is 5.87. The van der Waals surface area contributed by atoms with E-state index in [1.54, 1.807) is 6.07 Å². The Labute approximate surface area is 203 Å². The molecule has 1 aromatic heterocycles. The summed E-state index contributed by atoms with van der Waals surface area (Å²) in [5.74, 6) is -0.974. The van der Waals surface area contributed by atoms with Crippen molar-refractivity contribution in [1.29, 1.82) is 0 Å². The van der Waals surface area contributed by atoms with Gasteiger partial charge in [0.15, 0.2) is 6.61 Å². The first-order valence-corrected chi connectivity index (χ1v) is 11.5. The molecule has 0 spiro atoms. The van der Waals surface area contributed by atoms with Gasteiger partial charge in [0.05, 0.1) is 30.0 Å². The number of benzene rings is 3. The lowest BCUT2D eigenvalue weighted by atomic mass is 10.0. The highest BCUT2D eigenvalue weighted by Crippen LogP contribution is 2.25. The van der Waals surface area contributed by atoms with Crippen LogP contribution < -0.4 is 10.2 Å². The fourth-order valence-corrected chi connectivity index (χ4v) is 4.08. The molecule has 7 nitrogen and oxygen atoms in total. The number of morpholine rings is 1. The van der Waals surface area contributed by atoms with Crippen molar-refractivity contribution in [3.8, 4) is 11.3 Å². The summed E-state index contributed by atoms with van der Waals surface area (Å²) in [5, 5.41) is 3.46. The van der Waals surface area contributed by atoms with Crippen LogP contribution in [0.3, 0.4) is 0 Å². The number of rotatable bonds is 6. The van der Waals surface area contributed by atoms with Gasteiger partial charge >= 0.3 is 5.97 Å². The molecule has 3 aromatic carbocycles. The fraction of sp³-hybridized carbons (Fsp3) is 0.179. The van der Waals surface area contributed by atoms with Crippen LogP contribution in [0.15, 0.2) is 84.9 Å². The molecule has 176 valence electrons. The molecule has 1 N–H and O–H groups in total. The fourth-order valence-electron chi connectivity index (χ4n) is 4.08. The first kappa shape index (κ1) is 22.6. The van der Waals surface area contributed by atoms with E-state index in [4.69, 9.17) is 9.47 Å². The van der Waals surface area contributed by atoms with Crippen LogP contribution in [0, 0.1) is 0 Å². The quantitative estimate of drug-likeness (QED) is 0.420. The Morgan fingerprint density at radius 2 is 1.63 bits per heavy atom. The third kappa shape index (κ3) is 5.31. The first-order chi connectivity index (χ1) is 17.2. The summed E-state index contributed by atoms with van der Waals surface area (Å²) >= 11 is 0. The molecule has 1 fully saturated rings. The van der Waals surface area contributed by atoms with Crippen molar-refractivity contribution < 1.29 is 19.1 Å². The number of esters is 1. The summed E-state index contributed by atoms with van der Waals surface area (Å²) in [7, 11) is 0. The summed E-state index contributed by atoms with van der Waals surface area (Å²) < 4.78 is 10.8. The van der Waals surface area contributed by atoms with Gasteiger partial charge in [0, 0.05) is 35.4 Å². The van der Waals surface area contributed by atoms with Crippen molar-refractivity contribution in [1.82, 2.24) is 4.98 Å². The van der Waals surface area contributed by atoms with Gasteiger partial charge in [0.2, 0.25) is 0 Å². The van der Waals surface area contributed by atoms with Gasteiger partial charge in [-0.2, -0.15) is 0 Å². The molecule has 4 aromatic rings. The van der Waals surface area contributed by atoms with Crippen LogP contribution in [-0.2, 0) is 14.3 Å². The van der Waals surface area contributed by atoms with Crippen LogP contribution >= 0.6 is 0 Å². The molecule has 0 radical (unpaired) electrons. The largest absolute Gasteiger partial charge is 0.452 e. The number of hydrogen-bond acceptors (Lipinski definition) is 6. The van der Waals surface area contributed by atoms with Gasteiger partial charge in [0.25, 0.3) is 5.91 Å². The Hall–Kier alpha value is -4.23. The summed E-state index contributed by atoms with van der Waals surface area (Å²) in [6, 6.07) is 26.3. The second-order valence-corrected chi connectivity index (χ2v) is 8.21. The molecule has 2 heterocycles. The predicted octanol–water partition coefficient (Wildman–Crippen LogP) is 4.53. The number of anilines is 2. The monoisotopic (exact) mass is 467 g/mol. The summed E-state index contributed by atoms with van der Waals surface area (Å²) in [6.07, 6.45) is 0. The zero-order chi connectivity index (χ0) is 24.0. The minimum absolute atomic E-state index is 0.372. The minimum atomic E-state index is -0.571. The molecule has 1 aliphatic rings. The number of amides is 1. The number of hydrogen-bond donors (Lipinski definition) is 1. The number of ether oxygens (including phenoxy) is 2. The van der Waals surface area contributed by atoms with Crippen LogP contribution in [0.4, 0.5) is 11.4 Å². The average molecular weight is 468 g/mol. The van der Waals surface area contributed by atoms with Gasteiger partial charge in [-0.3, -0.25) is 4.79 Å². The van der Waals surface area contributed by atoms with Crippen molar-refractivity contribution >= 4 is 34.2 Å². The molecule has 0 unspecified atom stereocenters. The second kappa shape index (κ2) is 10.4. The van der Waals surface area contributed by atoms with E-state index in [0.29, 0.717) is 41.1 Å². The zero-order valence-electron chi connectivity index (χ0n) is 19.1. The van der Waals surface area contributed by atoms with Gasteiger partial charge < -0.3 is 19.7 Å². The highest BCUT2D eigenvalue weighted by Gasteiger charge is 2.17. The molecular weight excluding hydrogens is 442 g/mol. The van der Waals surface area contributed by atoms with Crippen molar-refractivity contribution in [3.05, 3.63) is 90.5 Å². The molecule has 1 aliphatic heterocycles. The maximum absolute atomic E-state index is 13.0. The number of carbonyl (C=O) groups is 2. The summed E-state index contributed by atoms with van der Waals surface area (Å²) in [4.78, 5) is 32.4. The Kier molecular flexibility index (Phi) is 6.68. The summed E-state index contributed by atoms with van der Waals surface area (Å²) in [6.45, 7) is 2.73. The standard InChI is InChI=1S/C28H25N3O4/c32-27(29-21-10-12-22(13-11-21)31-14-16-34-17-15-31)19-35-28(33)24-18-26(20-6-2-1-3-7-20)30-25-9-5-4-8-23(24)25/h1-13,18H,14-17,19H2,(H,29,32). The lowest BCUT2D eigenvalue weighted by Gasteiger charge is -2.28. The number of carbonyl (C=O) groups excluding carboxylic acids is 2. The maximum atomic E-state index is 13.0. The minimum Gasteiger partial charge on any atom is -0.452 e. The maximum Gasteiger partial charge on any atom is 0.339 e. The van der Waals surface area contributed by atoms with E-state index in [1.807, 2.05) is 78.9 Å². The Morgan fingerprint density at radius 3 is 2.40 bits per heavy atom. The lowest BCUT2D eigenvalue weighted by Crippen LogP contribution is -2.36. The van der Waals surface area contributed by atoms with Crippen LogP contribution in [0.2, 0.25) is 0 Å². The molecule has 5 rings (SSSR count). The van der Waals surface area contributed by atoms with E-state index >= 15 is 0 Å². The van der Waals surface area contributed by atoms with Gasteiger partial charge in [-0.05, 0) is 36.4 Å². The van der Waals surface area contributed by atoms with Crippen molar-refractivity contribution in [2.45, 2.75) is 0 Å². The molecule has 7 heteroatoms. The van der Waals surface area contributed by atoms with Crippen LogP contribution in [0.1, 0.15) is 10.4 Å². The lowest BCUT2D eigenvalue weighted by molar-refractivity contribution is -0.119. The van der Waals surface area contributed by atoms with Crippen LogP contribution in [0.25, 0.3) is 22.2 Å². The van der Waals surface area contributed by atoms with E-state index in [-0.39, 0.29) is 6.61 Å². The Balaban J connectivity index is 1.26. The molecule has 0 aliphatic carbocycles. The van der Waals surface area contributed by atoms with Crippen molar-refractivity contribution in [2.24, 2.45) is 0 Å². The number of para-hydroxylation sites is 1. The molecule has 1 saturated heterocycles. The van der Waals surface area contributed by atoms with Crippen molar-refractivity contribution in [2.75, 3.05) is 43.1 Å². The smallest absolute Gasteiger partial charge is 0.339 e. The first-order valence-electron chi connectivity index (χ1n) is 11.5. The van der Waals surface area contributed by atoms with Crippen LogP contribution in [-0.4, -0.2) is 49.8 Å². The summed E-state index contributed by atoms with van der Waals surface area (Å²) in [5.41, 5.74) is 4.34. The van der Waals surface area contributed by atoms with Crippen LogP contribution in [0.5, 0.6) is 0 Å². The Bertz CT molecular complexity index is 1330. The van der Waals surface area contributed by atoms with E-state index in [0.717, 1.165) is 24.3 Å². The van der Waals surface area contributed by atoms with E-state index < -0.39 is 11.9 Å². The van der Waals surface area contributed by atoms with Gasteiger partial charge in [-0.1, -0.05) is 48.5 Å². The molecule has 0 saturated carbocycles. The van der Waals surface area contributed by atoms with E-state index in [1.165, 1.54) is 0 Å². The second-order valence-electron chi connectivity index (χ2n) is 8.21. The topological polar surface area (TPSA) is 80.8 Å². The third-order valence-corrected chi connectivity index (χ3v) is 5.87. The number of nitrogens with one attached hydrogen (secondary N) is 1. The van der Waals surface area contributed by atoms with Gasteiger partial charge in [-0.25, -0.2) is 9.78 Å². The molecule has 35 heavy (non-hydrogen) atoms. The number of nitrogens with zero attached hydrogens (tertiary/aromatic N) is 2. The van der Waals surface area contributed by atoms with E-state index in [2.05, 4.69) is 15.2 Å². The highest BCUT2D eigenvalue weighted by atomic mass is 16.5. The normalized spacial score (nSPS) is 13.4. The SMILES string of the molecule is O=C(COC(=O)c1cc(-c2ccccc2)nc2ccccc12)Nc1ccc(N2CCOCC2)cc1. The Morgan fingerprint density at radius 1 is 0.914 bits per heavy atom. The van der Waals surface area contributed by atoms with Gasteiger partial charge in [-0.15, -0.1) is 0 Å². The molecule has 1 amide bonds. The number of fused-ring (bicyclic) bond motifs is 1. The van der Waals surface area contributed by atoms with Gasteiger partial charge in [0.1, 0.15) is 0 Å². The predicted molar refractivity (Wildman–Crippen MR) is 136 cm³/mol. The zero-order valence-corrected chi connectivity index (χ0v) is 19.1. The average Bonchev–Trinajstić information content (AvgIpc) is 2.92.